The van der Waals surface area contributed by atoms with Crippen LogP contribution in [0.25, 0.3) is 22.2 Å². The van der Waals surface area contributed by atoms with Crippen molar-refractivity contribution in [2.24, 2.45) is 0 Å². The molecule has 0 unspecified atom stereocenters. The summed E-state index contributed by atoms with van der Waals surface area (Å²) in [4.78, 5) is 16.0. The van der Waals surface area contributed by atoms with E-state index in [1.807, 2.05) is 0 Å². The third kappa shape index (κ3) is 2.65. The average molecular weight is 321 g/mol. The zero-order chi connectivity index (χ0) is 16.6. The normalized spacial score (nSPS) is 11.7. The SMILES string of the molecule is COC(=O)c1oc2cccnc2c1-c1ccc(C(F)(F)F)cc1. The molecule has 0 aliphatic rings. The quantitative estimate of drug-likeness (QED) is 0.660. The number of alkyl halides is 3. The molecule has 0 saturated heterocycles. The van der Waals surface area contributed by atoms with E-state index in [9.17, 15) is 18.0 Å². The average Bonchev–Trinajstić information content (AvgIpc) is 2.93. The van der Waals surface area contributed by atoms with E-state index in [2.05, 4.69) is 9.72 Å². The zero-order valence-electron chi connectivity index (χ0n) is 11.8. The molecule has 4 nitrogen and oxygen atoms in total. The number of hydrogen-bond donors (Lipinski definition) is 0. The van der Waals surface area contributed by atoms with Gasteiger partial charge in [0.25, 0.3) is 0 Å². The van der Waals surface area contributed by atoms with Crippen LogP contribution in [0.2, 0.25) is 0 Å². The lowest BCUT2D eigenvalue weighted by molar-refractivity contribution is -0.137. The third-order valence-corrected chi connectivity index (χ3v) is 3.32. The minimum atomic E-state index is -4.43. The second kappa shape index (κ2) is 5.42. The van der Waals surface area contributed by atoms with Crippen LogP contribution in [0.3, 0.4) is 0 Å². The Labute approximate surface area is 128 Å². The van der Waals surface area contributed by atoms with Gasteiger partial charge >= 0.3 is 12.1 Å². The van der Waals surface area contributed by atoms with Gasteiger partial charge in [0.2, 0.25) is 5.76 Å². The fourth-order valence-corrected chi connectivity index (χ4v) is 2.26. The number of nitrogens with zero attached hydrogens (tertiary/aromatic N) is 1. The van der Waals surface area contributed by atoms with Crippen LogP contribution in [0.1, 0.15) is 16.1 Å². The predicted molar refractivity (Wildman–Crippen MR) is 75.8 cm³/mol. The van der Waals surface area contributed by atoms with Gasteiger partial charge in [0.15, 0.2) is 5.58 Å². The van der Waals surface area contributed by atoms with Gasteiger partial charge in [-0.1, -0.05) is 12.1 Å². The highest BCUT2D eigenvalue weighted by Crippen LogP contribution is 2.36. The molecule has 0 bridgehead atoms. The number of benzene rings is 1. The monoisotopic (exact) mass is 321 g/mol. The molecule has 0 spiro atoms. The molecule has 2 heterocycles. The van der Waals surface area contributed by atoms with Crippen LogP contribution in [0, 0.1) is 0 Å². The number of furan rings is 1. The molecule has 0 N–H and O–H groups in total. The van der Waals surface area contributed by atoms with E-state index in [1.165, 1.54) is 25.4 Å². The molecule has 2 aromatic heterocycles. The number of hydrogen-bond acceptors (Lipinski definition) is 4. The van der Waals surface area contributed by atoms with Gasteiger partial charge in [0.05, 0.1) is 18.2 Å². The van der Waals surface area contributed by atoms with Crippen LogP contribution in [0.4, 0.5) is 13.2 Å². The standard InChI is InChI=1S/C16H10F3NO3/c1-22-15(21)14-12(13-11(23-14)3-2-8-20-13)9-4-6-10(7-5-9)16(17,18)19/h2-8H,1H3. The van der Waals surface area contributed by atoms with Gasteiger partial charge in [0, 0.05) is 6.20 Å². The van der Waals surface area contributed by atoms with E-state index >= 15 is 0 Å². The van der Waals surface area contributed by atoms with Gasteiger partial charge in [-0.25, -0.2) is 4.79 Å². The van der Waals surface area contributed by atoms with Gasteiger partial charge in [-0.3, -0.25) is 4.98 Å². The number of methoxy groups -OCH3 is 1. The summed E-state index contributed by atoms with van der Waals surface area (Å²) in [6.45, 7) is 0. The second-order valence-electron chi connectivity index (χ2n) is 4.72. The molecule has 7 heteroatoms. The molecule has 0 atom stereocenters. The van der Waals surface area contributed by atoms with Crippen molar-refractivity contribution >= 4 is 17.1 Å². The molecule has 0 aliphatic heterocycles. The summed E-state index contributed by atoms with van der Waals surface area (Å²) in [6.07, 6.45) is -2.92. The van der Waals surface area contributed by atoms with Crippen molar-refractivity contribution < 1.29 is 27.1 Å². The largest absolute Gasteiger partial charge is 0.463 e. The van der Waals surface area contributed by atoms with Crippen molar-refractivity contribution in [1.29, 1.82) is 0 Å². The number of ether oxygens (including phenoxy) is 1. The summed E-state index contributed by atoms with van der Waals surface area (Å²) in [5.41, 5.74) is 0.647. The Morgan fingerprint density at radius 1 is 1.17 bits per heavy atom. The first kappa shape index (κ1) is 15.1. The summed E-state index contributed by atoms with van der Waals surface area (Å²) < 4.78 is 48.1. The highest BCUT2D eigenvalue weighted by atomic mass is 19.4. The highest BCUT2D eigenvalue weighted by molar-refractivity contribution is 6.04. The lowest BCUT2D eigenvalue weighted by Crippen LogP contribution is -2.04. The molecule has 3 rings (SSSR count). The Morgan fingerprint density at radius 2 is 1.87 bits per heavy atom. The molecule has 0 amide bonds. The van der Waals surface area contributed by atoms with E-state index in [-0.39, 0.29) is 5.76 Å². The van der Waals surface area contributed by atoms with Gasteiger partial charge in [-0.05, 0) is 29.8 Å². The smallest absolute Gasteiger partial charge is 0.416 e. The maximum Gasteiger partial charge on any atom is 0.416 e. The van der Waals surface area contributed by atoms with Gasteiger partial charge in [0.1, 0.15) is 5.52 Å². The van der Waals surface area contributed by atoms with Crippen LogP contribution < -0.4 is 0 Å². The minimum Gasteiger partial charge on any atom is -0.463 e. The number of esters is 1. The third-order valence-electron chi connectivity index (χ3n) is 3.32. The fraction of sp³-hybridized carbons (Fsp3) is 0.125. The summed E-state index contributed by atoms with van der Waals surface area (Å²) in [5, 5.41) is 0. The number of fused-ring (bicyclic) bond motifs is 1. The van der Waals surface area contributed by atoms with Crippen molar-refractivity contribution in [2.75, 3.05) is 7.11 Å². The van der Waals surface area contributed by atoms with Gasteiger partial charge < -0.3 is 9.15 Å². The first-order valence-electron chi connectivity index (χ1n) is 6.55. The summed E-state index contributed by atoms with van der Waals surface area (Å²) in [7, 11) is 1.19. The van der Waals surface area contributed by atoms with E-state index in [0.29, 0.717) is 22.2 Å². The number of aromatic nitrogens is 1. The lowest BCUT2D eigenvalue weighted by Gasteiger charge is -2.07. The van der Waals surface area contributed by atoms with Crippen LogP contribution in [-0.2, 0) is 10.9 Å². The van der Waals surface area contributed by atoms with Crippen LogP contribution in [0.5, 0.6) is 0 Å². The van der Waals surface area contributed by atoms with Crippen molar-refractivity contribution in [3.63, 3.8) is 0 Å². The maximum absolute atomic E-state index is 12.7. The molecule has 0 fully saturated rings. The summed E-state index contributed by atoms with van der Waals surface area (Å²) in [5.74, 6) is -0.821. The van der Waals surface area contributed by atoms with E-state index in [0.717, 1.165) is 12.1 Å². The van der Waals surface area contributed by atoms with Crippen LogP contribution >= 0.6 is 0 Å². The second-order valence-corrected chi connectivity index (χ2v) is 4.72. The molecule has 0 aliphatic carbocycles. The van der Waals surface area contributed by atoms with E-state index < -0.39 is 17.7 Å². The first-order chi connectivity index (χ1) is 10.9. The number of halogens is 3. The summed E-state index contributed by atoms with van der Waals surface area (Å²) in [6, 6.07) is 7.67. The predicted octanol–water partition coefficient (Wildman–Crippen LogP) is 4.30. The fourth-order valence-electron chi connectivity index (χ4n) is 2.26. The Kier molecular flexibility index (Phi) is 3.55. The van der Waals surface area contributed by atoms with Crippen molar-refractivity contribution in [3.05, 3.63) is 53.9 Å². The Morgan fingerprint density at radius 3 is 2.48 bits per heavy atom. The zero-order valence-corrected chi connectivity index (χ0v) is 11.8. The number of rotatable bonds is 2. The van der Waals surface area contributed by atoms with Gasteiger partial charge in [-0.15, -0.1) is 0 Å². The van der Waals surface area contributed by atoms with Crippen LogP contribution in [-0.4, -0.2) is 18.1 Å². The maximum atomic E-state index is 12.7. The van der Waals surface area contributed by atoms with Crippen molar-refractivity contribution in [3.8, 4) is 11.1 Å². The Balaban J connectivity index is 2.20. The lowest BCUT2D eigenvalue weighted by atomic mass is 10.0. The number of carbonyl (C=O) groups is 1. The molecule has 1 aromatic carbocycles. The highest BCUT2D eigenvalue weighted by Gasteiger charge is 2.30. The number of carbonyl (C=O) groups excluding carboxylic acids is 1. The van der Waals surface area contributed by atoms with E-state index in [4.69, 9.17) is 4.42 Å². The molecule has 23 heavy (non-hydrogen) atoms. The van der Waals surface area contributed by atoms with Crippen LogP contribution in [0.15, 0.2) is 47.0 Å². The molecular weight excluding hydrogens is 311 g/mol. The molecule has 118 valence electrons. The minimum absolute atomic E-state index is 0.0963. The Bertz CT molecular complexity index is 866. The Hall–Kier alpha value is -2.83. The molecular formula is C16H10F3NO3. The summed E-state index contributed by atoms with van der Waals surface area (Å²) >= 11 is 0. The first-order valence-corrected chi connectivity index (χ1v) is 6.55. The van der Waals surface area contributed by atoms with E-state index in [1.54, 1.807) is 12.1 Å². The molecule has 3 aromatic rings. The topological polar surface area (TPSA) is 52.3 Å². The van der Waals surface area contributed by atoms with Crippen molar-refractivity contribution in [1.82, 2.24) is 4.98 Å². The molecule has 0 saturated carbocycles. The van der Waals surface area contributed by atoms with Gasteiger partial charge in [-0.2, -0.15) is 13.2 Å². The number of pyridine rings is 1. The molecule has 0 radical (unpaired) electrons. The van der Waals surface area contributed by atoms with Crippen molar-refractivity contribution in [2.45, 2.75) is 6.18 Å².